The van der Waals surface area contributed by atoms with E-state index in [0.29, 0.717) is 16.9 Å². The lowest BCUT2D eigenvalue weighted by molar-refractivity contribution is 0.617. The van der Waals surface area contributed by atoms with Crippen LogP contribution in [0.15, 0.2) is 17.1 Å². The van der Waals surface area contributed by atoms with Crippen LogP contribution in [-0.2, 0) is 0 Å². The van der Waals surface area contributed by atoms with Crippen molar-refractivity contribution in [1.29, 1.82) is 5.26 Å². The number of nitrogens with two attached hydrogens (primary N) is 1. The van der Waals surface area contributed by atoms with E-state index in [1.807, 2.05) is 25.1 Å². The lowest BCUT2D eigenvalue weighted by atomic mass is 10.1. The molecule has 0 saturated carbocycles. The third-order valence-corrected chi connectivity index (χ3v) is 2.86. The van der Waals surface area contributed by atoms with Crippen molar-refractivity contribution in [2.24, 2.45) is 4.99 Å². The zero-order valence-corrected chi connectivity index (χ0v) is 10.7. The van der Waals surface area contributed by atoms with Gasteiger partial charge in [-0.1, -0.05) is 0 Å². The first-order valence-electron chi connectivity index (χ1n) is 5.91. The Morgan fingerprint density at radius 1 is 1.44 bits per heavy atom. The summed E-state index contributed by atoms with van der Waals surface area (Å²) in [5, 5.41) is 9.32. The van der Waals surface area contributed by atoms with Gasteiger partial charge in [0.15, 0.2) is 0 Å². The van der Waals surface area contributed by atoms with Crippen molar-refractivity contribution < 1.29 is 0 Å². The van der Waals surface area contributed by atoms with Gasteiger partial charge in [-0.05, 0) is 18.6 Å². The van der Waals surface area contributed by atoms with Gasteiger partial charge in [0.05, 0.1) is 17.7 Å². The molecule has 0 unspecified atom stereocenters. The van der Waals surface area contributed by atoms with Crippen molar-refractivity contribution in [3.05, 3.63) is 17.7 Å². The summed E-state index contributed by atoms with van der Waals surface area (Å²) in [5.41, 5.74) is 8.65. The van der Waals surface area contributed by atoms with E-state index in [9.17, 15) is 5.26 Å². The van der Waals surface area contributed by atoms with Crippen molar-refractivity contribution in [2.75, 3.05) is 37.8 Å². The Balaban J connectivity index is 2.45. The van der Waals surface area contributed by atoms with E-state index in [1.54, 1.807) is 12.4 Å². The molecule has 1 aliphatic rings. The quantitative estimate of drug-likeness (QED) is 0.497. The molecule has 0 aliphatic carbocycles. The first-order valence-corrected chi connectivity index (χ1v) is 5.91. The molecule has 0 spiro atoms. The minimum Gasteiger partial charge on any atom is -0.399 e. The minimum absolute atomic E-state index is 0.599. The summed E-state index contributed by atoms with van der Waals surface area (Å²) in [6.45, 7) is 1.96. The Bertz CT molecular complexity index is 509. The fourth-order valence-corrected chi connectivity index (χ4v) is 1.83. The van der Waals surface area contributed by atoms with Gasteiger partial charge in [-0.3, -0.25) is 0 Å². The van der Waals surface area contributed by atoms with Gasteiger partial charge in [0.1, 0.15) is 11.6 Å². The first-order chi connectivity index (χ1) is 8.61. The Morgan fingerprint density at radius 2 is 2.17 bits per heavy atom. The van der Waals surface area contributed by atoms with Crippen LogP contribution in [-0.4, -0.2) is 38.4 Å². The van der Waals surface area contributed by atoms with Crippen LogP contribution >= 0.6 is 0 Å². The SMILES string of the molecule is CN(C)/C=N/c1cc(N)cc(N2CCC2)c1C#N. The normalized spacial score (nSPS) is 14.4. The van der Waals surface area contributed by atoms with Gasteiger partial charge >= 0.3 is 0 Å². The van der Waals surface area contributed by atoms with Crippen molar-refractivity contribution in [1.82, 2.24) is 4.90 Å². The lowest BCUT2D eigenvalue weighted by Gasteiger charge is -2.34. The molecule has 1 aromatic carbocycles. The van der Waals surface area contributed by atoms with E-state index >= 15 is 0 Å². The molecule has 5 heteroatoms. The molecule has 0 bridgehead atoms. The predicted molar refractivity (Wildman–Crippen MR) is 74.2 cm³/mol. The van der Waals surface area contributed by atoms with Crippen molar-refractivity contribution in [3.63, 3.8) is 0 Å². The van der Waals surface area contributed by atoms with Gasteiger partial charge in [0.25, 0.3) is 0 Å². The highest BCUT2D eigenvalue weighted by Gasteiger charge is 2.20. The van der Waals surface area contributed by atoms with Gasteiger partial charge in [0, 0.05) is 32.9 Å². The number of benzene rings is 1. The van der Waals surface area contributed by atoms with Crippen LogP contribution in [0, 0.1) is 11.3 Å². The minimum atomic E-state index is 0.599. The van der Waals surface area contributed by atoms with E-state index in [1.165, 1.54) is 0 Å². The standard InChI is InChI=1S/C13H17N5/c1-17(2)9-16-12-6-10(15)7-13(11(12)8-14)18-4-3-5-18/h6-7,9H,3-5,15H2,1-2H3/b16-9+. The molecule has 1 heterocycles. The highest BCUT2D eigenvalue weighted by atomic mass is 15.2. The molecular weight excluding hydrogens is 226 g/mol. The van der Waals surface area contributed by atoms with Crippen LogP contribution in [0.3, 0.4) is 0 Å². The Kier molecular flexibility index (Phi) is 3.38. The van der Waals surface area contributed by atoms with Gasteiger partial charge in [-0.25, -0.2) is 4.99 Å². The Hall–Kier alpha value is -2.22. The summed E-state index contributed by atoms with van der Waals surface area (Å²) in [7, 11) is 3.77. The van der Waals surface area contributed by atoms with Crippen LogP contribution < -0.4 is 10.6 Å². The maximum Gasteiger partial charge on any atom is 0.104 e. The van der Waals surface area contributed by atoms with Crippen LogP contribution in [0.1, 0.15) is 12.0 Å². The van der Waals surface area contributed by atoms with Crippen LogP contribution in [0.4, 0.5) is 17.1 Å². The van der Waals surface area contributed by atoms with E-state index in [4.69, 9.17) is 5.73 Å². The molecule has 1 aromatic rings. The summed E-state index contributed by atoms with van der Waals surface area (Å²) < 4.78 is 0. The summed E-state index contributed by atoms with van der Waals surface area (Å²) >= 11 is 0. The largest absolute Gasteiger partial charge is 0.399 e. The number of nitriles is 1. The average molecular weight is 243 g/mol. The van der Waals surface area contributed by atoms with Crippen LogP contribution in [0.25, 0.3) is 0 Å². The molecule has 0 amide bonds. The van der Waals surface area contributed by atoms with E-state index < -0.39 is 0 Å². The first kappa shape index (κ1) is 12.2. The second-order valence-electron chi connectivity index (χ2n) is 4.59. The maximum atomic E-state index is 9.32. The Morgan fingerprint density at radius 3 is 2.67 bits per heavy atom. The molecule has 5 nitrogen and oxygen atoms in total. The molecule has 0 radical (unpaired) electrons. The third kappa shape index (κ3) is 2.38. The van der Waals surface area contributed by atoms with Crippen molar-refractivity contribution in [2.45, 2.75) is 6.42 Å². The second-order valence-corrected chi connectivity index (χ2v) is 4.59. The number of nitrogens with zero attached hydrogens (tertiary/aromatic N) is 4. The smallest absolute Gasteiger partial charge is 0.104 e. The molecule has 94 valence electrons. The molecule has 0 atom stereocenters. The molecular formula is C13H17N5. The molecule has 1 aliphatic heterocycles. The van der Waals surface area contributed by atoms with Crippen molar-refractivity contribution in [3.8, 4) is 6.07 Å². The summed E-state index contributed by atoms with van der Waals surface area (Å²) in [5.74, 6) is 0. The van der Waals surface area contributed by atoms with Crippen LogP contribution in [0.2, 0.25) is 0 Å². The highest BCUT2D eigenvalue weighted by Crippen LogP contribution is 2.34. The average Bonchev–Trinajstić information content (AvgIpc) is 2.23. The second kappa shape index (κ2) is 4.96. The van der Waals surface area contributed by atoms with Gasteiger partial charge in [-0.15, -0.1) is 0 Å². The molecule has 1 saturated heterocycles. The molecule has 2 N–H and O–H groups in total. The van der Waals surface area contributed by atoms with Crippen molar-refractivity contribution >= 4 is 23.4 Å². The number of hydrogen-bond acceptors (Lipinski definition) is 4. The predicted octanol–water partition coefficient (Wildman–Crippen LogP) is 1.57. The number of rotatable bonds is 3. The highest BCUT2D eigenvalue weighted by molar-refractivity contribution is 5.78. The number of nitrogen functional groups attached to an aromatic ring is 1. The monoisotopic (exact) mass is 243 g/mol. The number of anilines is 2. The molecule has 1 fully saturated rings. The molecule has 0 aromatic heterocycles. The fraction of sp³-hybridized carbons (Fsp3) is 0.385. The van der Waals surface area contributed by atoms with Gasteiger partial charge < -0.3 is 15.5 Å². The van der Waals surface area contributed by atoms with Crippen LogP contribution in [0.5, 0.6) is 0 Å². The topological polar surface area (TPSA) is 68.7 Å². The van der Waals surface area contributed by atoms with E-state index in [0.717, 1.165) is 25.2 Å². The van der Waals surface area contributed by atoms with E-state index in [2.05, 4.69) is 16.0 Å². The van der Waals surface area contributed by atoms with Gasteiger partial charge in [0.2, 0.25) is 0 Å². The molecule has 2 rings (SSSR count). The summed E-state index contributed by atoms with van der Waals surface area (Å²) in [4.78, 5) is 8.29. The zero-order chi connectivity index (χ0) is 13.1. The summed E-state index contributed by atoms with van der Waals surface area (Å²) in [6.07, 6.45) is 2.84. The summed E-state index contributed by atoms with van der Waals surface area (Å²) in [6, 6.07) is 5.83. The molecule has 18 heavy (non-hydrogen) atoms. The fourth-order valence-electron chi connectivity index (χ4n) is 1.83. The van der Waals surface area contributed by atoms with Gasteiger partial charge in [-0.2, -0.15) is 5.26 Å². The Labute approximate surface area is 107 Å². The number of hydrogen-bond donors (Lipinski definition) is 1. The lowest BCUT2D eigenvalue weighted by Crippen LogP contribution is -2.37. The third-order valence-electron chi connectivity index (χ3n) is 2.86. The number of aliphatic imine (C=N–C) groups is 1. The zero-order valence-electron chi connectivity index (χ0n) is 10.7. The maximum absolute atomic E-state index is 9.32. The van der Waals surface area contributed by atoms with E-state index in [-0.39, 0.29) is 0 Å².